The van der Waals surface area contributed by atoms with Crippen molar-refractivity contribution in [3.63, 3.8) is 0 Å². The summed E-state index contributed by atoms with van der Waals surface area (Å²) < 4.78 is 14.3. The van der Waals surface area contributed by atoms with Crippen molar-refractivity contribution in [3.8, 4) is 0 Å². The minimum Gasteiger partial charge on any atom is -0.324 e. The van der Waals surface area contributed by atoms with Crippen molar-refractivity contribution in [1.82, 2.24) is 0 Å². The van der Waals surface area contributed by atoms with Crippen LogP contribution in [0.1, 0.15) is 30.0 Å². The average Bonchev–Trinajstić information content (AvgIpc) is 2.48. The number of rotatable bonds is 6. The van der Waals surface area contributed by atoms with Gasteiger partial charge < -0.3 is 5.73 Å². The molecule has 0 radical (unpaired) electrons. The van der Waals surface area contributed by atoms with Crippen molar-refractivity contribution in [3.05, 3.63) is 69.9 Å². The highest BCUT2D eigenvalue weighted by molar-refractivity contribution is 9.10. The lowest BCUT2D eigenvalue weighted by atomic mass is 9.99. The topological polar surface area (TPSA) is 43.1 Å². The minimum absolute atomic E-state index is 0.00241. The summed E-state index contributed by atoms with van der Waals surface area (Å²) in [5, 5.41) is 0. The van der Waals surface area contributed by atoms with Gasteiger partial charge in [0.1, 0.15) is 11.6 Å². The molecule has 0 spiro atoms. The van der Waals surface area contributed by atoms with Crippen molar-refractivity contribution >= 4 is 21.7 Å². The molecule has 2 rings (SSSR count). The second kappa shape index (κ2) is 7.48. The van der Waals surface area contributed by atoms with Crippen LogP contribution in [0.2, 0.25) is 0 Å². The predicted molar refractivity (Wildman–Crippen MR) is 85.4 cm³/mol. The van der Waals surface area contributed by atoms with E-state index in [0.29, 0.717) is 22.9 Å². The first-order valence-corrected chi connectivity index (χ1v) is 7.61. The van der Waals surface area contributed by atoms with Gasteiger partial charge in [-0.15, -0.1) is 0 Å². The highest BCUT2D eigenvalue weighted by atomic mass is 79.9. The van der Waals surface area contributed by atoms with Gasteiger partial charge in [-0.05, 0) is 29.7 Å². The van der Waals surface area contributed by atoms with Crippen LogP contribution in [-0.2, 0) is 11.2 Å². The molecule has 1 atom stereocenters. The summed E-state index contributed by atoms with van der Waals surface area (Å²) in [7, 11) is 0. The first-order chi connectivity index (χ1) is 10.1. The third-order valence-corrected chi connectivity index (χ3v) is 3.86. The summed E-state index contributed by atoms with van der Waals surface area (Å²) in [5.74, 6) is -0.354. The van der Waals surface area contributed by atoms with E-state index in [1.165, 1.54) is 6.07 Å². The lowest BCUT2D eigenvalue weighted by Gasteiger charge is -2.11. The molecule has 0 aromatic heterocycles. The molecule has 0 saturated carbocycles. The maximum Gasteiger partial charge on any atom is 0.137 e. The van der Waals surface area contributed by atoms with Crippen LogP contribution in [0.4, 0.5) is 4.39 Å². The van der Waals surface area contributed by atoms with Crippen molar-refractivity contribution in [2.75, 3.05) is 0 Å². The van der Waals surface area contributed by atoms with Gasteiger partial charge in [-0.2, -0.15) is 0 Å². The highest BCUT2D eigenvalue weighted by Crippen LogP contribution is 2.18. The van der Waals surface area contributed by atoms with E-state index in [1.807, 2.05) is 30.3 Å². The molecule has 1 unspecified atom stereocenters. The second-order valence-corrected chi connectivity index (χ2v) is 5.92. The third-order valence-electron chi connectivity index (χ3n) is 3.36. The zero-order chi connectivity index (χ0) is 15.2. The zero-order valence-corrected chi connectivity index (χ0v) is 13.1. The van der Waals surface area contributed by atoms with Gasteiger partial charge in [0.2, 0.25) is 0 Å². The number of benzene rings is 2. The maximum atomic E-state index is 13.7. The molecule has 2 aromatic carbocycles. The molecular weight excluding hydrogens is 333 g/mol. The lowest BCUT2D eigenvalue weighted by Crippen LogP contribution is -2.13. The zero-order valence-electron chi connectivity index (χ0n) is 11.6. The van der Waals surface area contributed by atoms with E-state index in [4.69, 9.17) is 5.73 Å². The van der Waals surface area contributed by atoms with Crippen molar-refractivity contribution < 1.29 is 9.18 Å². The monoisotopic (exact) mass is 349 g/mol. The van der Waals surface area contributed by atoms with Gasteiger partial charge in [-0.25, -0.2) is 4.39 Å². The van der Waals surface area contributed by atoms with Gasteiger partial charge in [0.25, 0.3) is 0 Å². The Hall–Kier alpha value is -1.52. The van der Waals surface area contributed by atoms with E-state index >= 15 is 0 Å². The van der Waals surface area contributed by atoms with Gasteiger partial charge in [0.05, 0.1) is 0 Å². The SMILES string of the molecule is NC(CCC(=O)Cc1ccc(Br)cc1F)c1ccccc1. The Morgan fingerprint density at radius 1 is 1.19 bits per heavy atom. The van der Waals surface area contributed by atoms with E-state index in [1.54, 1.807) is 12.1 Å². The number of halogens is 2. The summed E-state index contributed by atoms with van der Waals surface area (Å²) in [6.45, 7) is 0. The van der Waals surface area contributed by atoms with Gasteiger partial charge in [-0.1, -0.05) is 52.3 Å². The van der Waals surface area contributed by atoms with E-state index in [2.05, 4.69) is 15.9 Å². The van der Waals surface area contributed by atoms with Crippen LogP contribution in [-0.4, -0.2) is 5.78 Å². The smallest absolute Gasteiger partial charge is 0.137 e. The van der Waals surface area contributed by atoms with Crippen LogP contribution in [0, 0.1) is 5.82 Å². The lowest BCUT2D eigenvalue weighted by molar-refractivity contribution is -0.118. The predicted octanol–water partition coefficient (Wildman–Crippen LogP) is 4.18. The van der Waals surface area contributed by atoms with Crippen molar-refractivity contribution in [2.45, 2.75) is 25.3 Å². The molecule has 0 fully saturated rings. The molecule has 2 nitrogen and oxygen atoms in total. The normalized spacial score (nSPS) is 12.1. The molecular formula is C17H17BrFNO. The Balaban J connectivity index is 1.87. The van der Waals surface area contributed by atoms with Crippen molar-refractivity contribution in [2.24, 2.45) is 5.73 Å². The third kappa shape index (κ3) is 4.76. The number of nitrogens with two attached hydrogens (primary N) is 1. The molecule has 0 aliphatic carbocycles. The summed E-state index contributed by atoms with van der Waals surface area (Å²) in [5.41, 5.74) is 7.50. The van der Waals surface area contributed by atoms with Gasteiger partial charge in [0, 0.05) is 23.4 Å². The number of hydrogen-bond donors (Lipinski definition) is 1. The molecule has 110 valence electrons. The average molecular weight is 350 g/mol. The van der Waals surface area contributed by atoms with Gasteiger partial charge in [0.15, 0.2) is 0 Å². The van der Waals surface area contributed by atoms with Crippen LogP contribution in [0.25, 0.3) is 0 Å². The van der Waals surface area contributed by atoms with E-state index in [9.17, 15) is 9.18 Å². The molecule has 4 heteroatoms. The summed E-state index contributed by atoms with van der Waals surface area (Å²) in [4.78, 5) is 12.0. The van der Waals surface area contributed by atoms with E-state index in [0.717, 1.165) is 5.56 Å². The largest absolute Gasteiger partial charge is 0.324 e. The van der Waals surface area contributed by atoms with E-state index < -0.39 is 0 Å². The molecule has 0 saturated heterocycles. The van der Waals surface area contributed by atoms with Crippen molar-refractivity contribution in [1.29, 1.82) is 0 Å². The fraction of sp³-hybridized carbons (Fsp3) is 0.235. The van der Waals surface area contributed by atoms with Crippen LogP contribution >= 0.6 is 15.9 Å². The van der Waals surface area contributed by atoms with E-state index in [-0.39, 0.29) is 24.1 Å². The standard InChI is InChI=1S/C17H17BrFNO/c18-14-7-6-13(16(19)11-14)10-15(21)8-9-17(20)12-4-2-1-3-5-12/h1-7,11,17H,8-10,20H2. The van der Waals surface area contributed by atoms with Crippen LogP contribution in [0.5, 0.6) is 0 Å². The number of hydrogen-bond acceptors (Lipinski definition) is 2. The van der Waals surface area contributed by atoms with Gasteiger partial charge in [-0.3, -0.25) is 4.79 Å². The quantitative estimate of drug-likeness (QED) is 0.849. The van der Waals surface area contributed by atoms with Crippen LogP contribution in [0.3, 0.4) is 0 Å². The second-order valence-electron chi connectivity index (χ2n) is 5.01. The maximum absolute atomic E-state index is 13.7. The molecule has 0 heterocycles. The van der Waals surface area contributed by atoms with Gasteiger partial charge >= 0.3 is 0 Å². The molecule has 0 amide bonds. The Bertz CT molecular complexity index is 615. The van der Waals surface area contributed by atoms with Crippen LogP contribution < -0.4 is 5.73 Å². The first kappa shape index (κ1) is 15.9. The highest BCUT2D eigenvalue weighted by Gasteiger charge is 2.12. The molecule has 0 aliphatic heterocycles. The molecule has 21 heavy (non-hydrogen) atoms. The molecule has 2 N–H and O–H groups in total. The Kier molecular flexibility index (Phi) is 5.65. The Morgan fingerprint density at radius 2 is 1.90 bits per heavy atom. The minimum atomic E-state index is -0.356. The summed E-state index contributed by atoms with van der Waals surface area (Å²) in [6, 6.07) is 14.3. The summed E-state index contributed by atoms with van der Waals surface area (Å²) >= 11 is 3.20. The number of ketones is 1. The Morgan fingerprint density at radius 3 is 2.57 bits per heavy atom. The Labute approximate surface area is 132 Å². The molecule has 0 aliphatic rings. The van der Waals surface area contributed by atoms with Crippen LogP contribution in [0.15, 0.2) is 53.0 Å². The number of carbonyl (C=O) groups excluding carboxylic acids is 1. The molecule has 0 bridgehead atoms. The number of carbonyl (C=O) groups is 1. The molecule has 2 aromatic rings. The fourth-order valence-corrected chi connectivity index (χ4v) is 2.48. The summed E-state index contributed by atoms with van der Waals surface area (Å²) in [6.07, 6.45) is 1.03. The fourth-order valence-electron chi connectivity index (χ4n) is 2.15. The number of Topliss-reactive ketones (excluding diaryl/α,β-unsaturated/α-hetero) is 1. The first-order valence-electron chi connectivity index (χ1n) is 6.82.